The number of aromatic nitrogens is 1. The number of ether oxygens (including phenoxy) is 2. The van der Waals surface area contributed by atoms with Gasteiger partial charge in [0, 0.05) is 24.3 Å². The zero-order chi connectivity index (χ0) is 14.4. The molecule has 0 spiro atoms. The van der Waals surface area contributed by atoms with E-state index in [4.69, 9.17) is 9.47 Å². The molecule has 1 aromatic rings. The Morgan fingerprint density at radius 1 is 1.55 bits per heavy atom. The van der Waals surface area contributed by atoms with Crippen LogP contribution in [0.15, 0.2) is 18.3 Å². The molecule has 1 aliphatic heterocycles. The zero-order valence-electron chi connectivity index (χ0n) is 12.2. The summed E-state index contributed by atoms with van der Waals surface area (Å²) in [5, 5.41) is 0. The van der Waals surface area contributed by atoms with Gasteiger partial charge in [-0.3, -0.25) is 9.69 Å². The highest BCUT2D eigenvalue weighted by atomic mass is 16.5. The Kier molecular flexibility index (Phi) is 5.35. The lowest BCUT2D eigenvalue weighted by Gasteiger charge is -2.24. The quantitative estimate of drug-likeness (QED) is 0.745. The highest BCUT2D eigenvalue weighted by Crippen LogP contribution is 2.25. The average Bonchev–Trinajstić information content (AvgIpc) is 2.87. The molecule has 1 fully saturated rings. The number of nitrogens with zero attached hydrogens (tertiary/aromatic N) is 2. The first kappa shape index (κ1) is 14.8. The summed E-state index contributed by atoms with van der Waals surface area (Å²) in [6, 6.07) is 4.19. The van der Waals surface area contributed by atoms with E-state index in [9.17, 15) is 4.79 Å². The number of hydrogen-bond acceptors (Lipinski definition) is 5. The van der Waals surface area contributed by atoms with Gasteiger partial charge in [-0.25, -0.2) is 4.98 Å². The summed E-state index contributed by atoms with van der Waals surface area (Å²) in [5.41, 5.74) is 1.06. The van der Waals surface area contributed by atoms with Gasteiger partial charge >= 0.3 is 5.97 Å². The second-order valence-electron chi connectivity index (χ2n) is 4.95. The number of esters is 1. The zero-order valence-corrected chi connectivity index (χ0v) is 12.2. The van der Waals surface area contributed by atoms with Crippen LogP contribution >= 0.6 is 0 Å². The van der Waals surface area contributed by atoms with Crippen molar-refractivity contribution in [2.75, 3.05) is 20.3 Å². The van der Waals surface area contributed by atoms with Gasteiger partial charge in [0.25, 0.3) is 0 Å². The Morgan fingerprint density at radius 3 is 3.15 bits per heavy atom. The van der Waals surface area contributed by atoms with Crippen LogP contribution in [0.5, 0.6) is 5.88 Å². The third kappa shape index (κ3) is 3.70. The summed E-state index contributed by atoms with van der Waals surface area (Å²) in [4.78, 5) is 18.2. The molecule has 0 N–H and O–H groups in total. The average molecular weight is 278 g/mol. The molecule has 1 aliphatic rings. The van der Waals surface area contributed by atoms with Gasteiger partial charge in [0.2, 0.25) is 5.88 Å². The summed E-state index contributed by atoms with van der Waals surface area (Å²) in [6.07, 6.45) is 4.35. The number of carbonyl (C=O) groups excluding carboxylic acids is 1. The third-order valence-corrected chi connectivity index (χ3v) is 3.62. The molecule has 1 aromatic heterocycles. The Labute approximate surface area is 119 Å². The lowest BCUT2D eigenvalue weighted by Crippen LogP contribution is -2.31. The normalized spacial score (nSPS) is 19.0. The van der Waals surface area contributed by atoms with E-state index >= 15 is 0 Å². The van der Waals surface area contributed by atoms with Gasteiger partial charge < -0.3 is 9.47 Å². The van der Waals surface area contributed by atoms with Gasteiger partial charge in [-0.1, -0.05) is 6.07 Å². The molecule has 1 saturated heterocycles. The molecule has 1 atom stereocenters. The van der Waals surface area contributed by atoms with Crippen molar-refractivity contribution in [3.8, 4) is 5.88 Å². The van der Waals surface area contributed by atoms with E-state index in [1.165, 1.54) is 0 Å². The van der Waals surface area contributed by atoms with Gasteiger partial charge in [-0.05, 0) is 32.4 Å². The number of pyridine rings is 1. The highest BCUT2D eigenvalue weighted by Gasteiger charge is 2.27. The highest BCUT2D eigenvalue weighted by molar-refractivity contribution is 5.70. The first-order chi connectivity index (χ1) is 9.74. The Morgan fingerprint density at radius 2 is 2.40 bits per heavy atom. The van der Waals surface area contributed by atoms with Crippen LogP contribution in [0, 0.1) is 0 Å². The molecule has 0 aromatic carbocycles. The van der Waals surface area contributed by atoms with E-state index in [0.717, 1.165) is 31.5 Å². The van der Waals surface area contributed by atoms with Crippen LogP contribution in [0.2, 0.25) is 0 Å². The maximum Gasteiger partial charge on any atom is 0.307 e. The minimum absolute atomic E-state index is 0.109. The van der Waals surface area contributed by atoms with Crippen molar-refractivity contribution < 1.29 is 14.3 Å². The predicted octanol–water partition coefficient (Wildman–Crippen LogP) is 2.01. The van der Waals surface area contributed by atoms with Crippen molar-refractivity contribution in [2.24, 2.45) is 0 Å². The number of likely N-dealkylation sites (tertiary alicyclic amines) is 1. The fraction of sp³-hybridized carbons (Fsp3) is 0.600. The molecule has 110 valence electrons. The number of carbonyl (C=O) groups is 1. The molecular weight excluding hydrogens is 256 g/mol. The summed E-state index contributed by atoms with van der Waals surface area (Å²) < 4.78 is 10.3. The molecule has 5 heteroatoms. The molecule has 2 rings (SSSR count). The summed E-state index contributed by atoms with van der Waals surface area (Å²) in [5.74, 6) is 0.553. The first-order valence-corrected chi connectivity index (χ1v) is 7.12. The van der Waals surface area contributed by atoms with Crippen LogP contribution in [-0.2, 0) is 16.1 Å². The topological polar surface area (TPSA) is 51.7 Å². The van der Waals surface area contributed by atoms with Crippen molar-refractivity contribution in [3.05, 3.63) is 23.9 Å². The number of hydrogen-bond donors (Lipinski definition) is 0. The van der Waals surface area contributed by atoms with Gasteiger partial charge in [0.05, 0.1) is 20.1 Å². The fourth-order valence-corrected chi connectivity index (χ4v) is 2.69. The summed E-state index contributed by atoms with van der Waals surface area (Å²) in [6.45, 7) is 4.05. The van der Waals surface area contributed by atoms with Crippen molar-refractivity contribution in [2.45, 2.75) is 38.8 Å². The van der Waals surface area contributed by atoms with Gasteiger partial charge in [-0.15, -0.1) is 0 Å². The standard InChI is InChI=1S/C15H22N2O3/c1-3-20-14(18)10-13-7-5-9-17(13)11-12-6-4-8-16-15(12)19-2/h4,6,8,13H,3,5,7,9-11H2,1-2H3/t13-/m0/s1. The lowest BCUT2D eigenvalue weighted by atomic mass is 10.1. The molecule has 0 saturated carbocycles. The van der Waals surface area contributed by atoms with Gasteiger partial charge in [-0.2, -0.15) is 0 Å². The van der Waals surface area contributed by atoms with E-state index in [1.807, 2.05) is 19.1 Å². The smallest absolute Gasteiger partial charge is 0.307 e. The number of rotatable bonds is 6. The molecule has 0 aliphatic carbocycles. The second-order valence-corrected chi connectivity index (χ2v) is 4.95. The van der Waals surface area contributed by atoms with Crippen molar-refractivity contribution in [3.63, 3.8) is 0 Å². The minimum atomic E-state index is -0.109. The van der Waals surface area contributed by atoms with E-state index in [0.29, 0.717) is 18.9 Å². The van der Waals surface area contributed by atoms with Crippen LogP contribution in [0.25, 0.3) is 0 Å². The van der Waals surface area contributed by atoms with Crippen LogP contribution in [-0.4, -0.2) is 42.2 Å². The minimum Gasteiger partial charge on any atom is -0.481 e. The lowest BCUT2D eigenvalue weighted by molar-refractivity contribution is -0.144. The van der Waals surface area contributed by atoms with E-state index in [2.05, 4.69) is 9.88 Å². The number of methoxy groups -OCH3 is 1. The molecule has 5 nitrogen and oxygen atoms in total. The van der Waals surface area contributed by atoms with Gasteiger partial charge in [0.15, 0.2) is 0 Å². The molecule has 0 radical (unpaired) electrons. The molecule has 20 heavy (non-hydrogen) atoms. The van der Waals surface area contributed by atoms with Crippen molar-refractivity contribution in [1.29, 1.82) is 0 Å². The third-order valence-electron chi connectivity index (χ3n) is 3.62. The Hall–Kier alpha value is -1.62. The molecule has 0 unspecified atom stereocenters. The Bertz CT molecular complexity index is 450. The summed E-state index contributed by atoms with van der Waals surface area (Å²) in [7, 11) is 1.63. The first-order valence-electron chi connectivity index (χ1n) is 7.12. The van der Waals surface area contributed by atoms with Crippen LogP contribution in [0.1, 0.15) is 31.7 Å². The molecule has 2 heterocycles. The predicted molar refractivity (Wildman–Crippen MR) is 75.5 cm³/mol. The van der Waals surface area contributed by atoms with Gasteiger partial charge in [0.1, 0.15) is 0 Å². The van der Waals surface area contributed by atoms with E-state index in [1.54, 1.807) is 13.3 Å². The Balaban J connectivity index is 1.98. The maximum atomic E-state index is 11.6. The summed E-state index contributed by atoms with van der Waals surface area (Å²) >= 11 is 0. The fourth-order valence-electron chi connectivity index (χ4n) is 2.69. The van der Waals surface area contributed by atoms with Crippen molar-refractivity contribution >= 4 is 5.97 Å². The molecule has 0 bridgehead atoms. The second kappa shape index (κ2) is 7.24. The van der Waals surface area contributed by atoms with Crippen LogP contribution in [0.3, 0.4) is 0 Å². The maximum absolute atomic E-state index is 11.6. The van der Waals surface area contributed by atoms with Crippen LogP contribution < -0.4 is 4.74 Å². The largest absolute Gasteiger partial charge is 0.481 e. The van der Waals surface area contributed by atoms with E-state index in [-0.39, 0.29) is 12.0 Å². The van der Waals surface area contributed by atoms with Crippen LogP contribution in [0.4, 0.5) is 0 Å². The monoisotopic (exact) mass is 278 g/mol. The molecule has 0 amide bonds. The van der Waals surface area contributed by atoms with Crippen molar-refractivity contribution in [1.82, 2.24) is 9.88 Å². The van der Waals surface area contributed by atoms with E-state index < -0.39 is 0 Å². The SMILES string of the molecule is CCOC(=O)C[C@@H]1CCCN1Cc1cccnc1OC. The molecular formula is C15H22N2O3.